The minimum absolute atomic E-state index is 0.111. The van der Waals surface area contributed by atoms with E-state index in [1.165, 1.54) is 17.7 Å². The average Bonchev–Trinajstić information content (AvgIpc) is 2.69. The molecule has 2 aromatic carbocycles. The molecule has 6 nitrogen and oxygen atoms in total. The topological polar surface area (TPSA) is 78.5 Å². The Hall–Kier alpha value is -1.93. The maximum Gasteiger partial charge on any atom is 0.251 e. The standard InChI is InChI=1S/C23H30ClN3O3S/c1-23(2,3)26-31(29,30)21-10-6-18(7-11-21)22(28)25-20-12-14-27(15-13-20)16-17-4-8-19(24)9-5-17/h4-11,20,26H,12-16H2,1-3H3,(H,25,28). The van der Waals surface area contributed by atoms with Crippen molar-refractivity contribution >= 4 is 27.5 Å². The lowest BCUT2D eigenvalue weighted by atomic mass is 10.0. The molecular weight excluding hydrogens is 434 g/mol. The van der Waals surface area contributed by atoms with Crippen LogP contribution in [0.3, 0.4) is 0 Å². The Bertz CT molecular complexity index is 992. The molecule has 2 aromatic rings. The number of likely N-dealkylation sites (tertiary alicyclic amines) is 1. The van der Waals surface area contributed by atoms with Crippen LogP contribution in [0.1, 0.15) is 49.5 Å². The van der Waals surface area contributed by atoms with E-state index in [0.29, 0.717) is 5.56 Å². The first-order valence-corrected chi connectivity index (χ1v) is 12.3. The van der Waals surface area contributed by atoms with Crippen LogP contribution in [0.4, 0.5) is 0 Å². The molecule has 0 aromatic heterocycles. The first-order valence-electron chi connectivity index (χ1n) is 10.4. The van der Waals surface area contributed by atoms with Gasteiger partial charge in [0.15, 0.2) is 0 Å². The Labute approximate surface area is 190 Å². The van der Waals surface area contributed by atoms with E-state index >= 15 is 0 Å². The molecule has 168 valence electrons. The quantitative estimate of drug-likeness (QED) is 0.682. The third-order valence-electron chi connectivity index (χ3n) is 5.11. The summed E-state index contributed by atoms with van der Waals surface area (Å²) < 4.78 is 27.4. The molecule has 1 heterocycles. The summed E-state index contributed by atoms with van der Waals surface area (Å²) in [6, 6.07) is 14.0. The first-order chi connectivity index (χ1) is 14.5. The van der Waals surface area contributed by atoms with Gasteiger partial charge in [0.1, 0.15) is 0 Å². The van der Waals surface area contributed by atoms with Crippen LogP contribution < -0.4 is 10.0 Å². The fourth-order valence-corrected chi connectivity index (χ4v) is 5.14. The molecule has 0 radical (unpaired) electrons. The lowest BCUT2D eigenvalue weighted by molar-refractivity contribution is 0.0909. The largest absolute Gasteiger partial charge is 0.349 e. The maximum absolute atomic E-state index is 12.6. The van der Waals surface area contributed by atoms with Gasteiger partial charge in [-0.1, -0.05) is 23.7 Å². The first kappa shape index (κ1) is 23.7. The number of hydrogen-bond donors (Lipinski definition) is 2. The lowest BCUT2D eigenvalue weighted by Gasteiger charge is -2.32. The zero-order valence-corrected chi connectivity index (χ0v) is 19.8. The molecule has 1 aliphatic rings. The van der Waals surface area contributed by atoms with Crippen LogP contribution in [0.25, 0.3) is 0 Å². The number of carbonyl (C=O) groups excluding carboxylic acids is 1. The van der Waals surface area contributed by atoms with E-state index in [1.54, 1.807) is 32.9 Å². The fraction of sp³-hybridized carbons (Fsp3) is 0.435. The number of nitrogens with one attached hydrogen (secondary N) is 2. The maximum atomic E-state index is 12.6. The fourth-order valence-electron chi connectivity index (χ4n) is 3.60. The zero-order chi connectivity index (χ0) is 22.6. The van der Waals surface area contributed by atoms with Crippen LogP contribution in [0, 0.1) is 0 Å². The molecule has 1 aliphatic heterocycles. The van der Waals surface area contributed by atoms with Gasteiger partial charge in [-0.3, -0.25) is 9.69 Å². The molecular formula is C23H30ClN3O3S. The molecule has 0 atom stereocenters. The summed E-state index contributed by atoms with van der Waals surface area (Å²) in [6.45, 7) is 8.04. The van der Waals surface area contributed by atoms with Gasteiger partial charge in [-0.15, -0.1) is 0 Å². The van der Waals surface area contributed by atoms with Gasteiger partial charge in [-0.25, -0.2) is 13.1 Å². The van der Waals surface area contributed by atoms with Crippen molar-refractivity contribution in [1.82, 2.24) is 14.9 Å². The van der Waals surface area contributed by atoms with E-state index < -0.39 is 15.6 Å². The molecule has 0 spiro atoms. The number of halogens is 1. The number of benzene rings is 2. The van der Waals surface area contributed by atoms with Crippen molar-refractivity contribution in [2.24, 2.45) is 0 Å². The molecule has 2 N–H and O–H groups in total. The summed E-state index contributed by atoms with van der Waals surface area (Å²) >= 11 is 5.94. The third kappa shape index (κ3) is 7.04. The summed E-state index contributed by atoms with van der Waals surface area (Å²) in [5.41, 5.74) is 1.11. The Morgan fingerprint density at radius 2 is 1.61 bits per heavy atom. The Morgan fingerprint density at radius 1 is 1.03 bits per heavy atom. The van der Waals surface area contributed by atoms with Crippen molar-refractivity contribution in [1.29, 1.82) is 0 Å². The minimum Gasteiger partial charge on any atom is -0.349 e. The number of piperidine rings is 1. The van der Waals surface area contributed by atoms with Crippen LogP contribution in [-0.2, 0) is 16.6 Å². The van der Waals surface area contributed by atoms with Crippen molar-refractivity contribution in [2.45, 2.75) is 56.6 Å². The average molecular weight is 464 g/mol. The van der Waals surface area contributed by atoms with Crippen molar-refractivity contribution in [3.63, 3.8) is 0 Å². The van der Waals surface area contributed by atoms with Gasteiger partial charge in [-0.2, -0.15) is 0 Å². The second kappa shape index (κ2) is 9.69. The van der Waals surface area contributed by atoms with Crippen LogP contribution in [-0.4, -0.2) is 43.9 Å². The van der Waals surface area contributed by atoms with E-state index in [2.05, 4.69) is 14.9 Å². The van der Waals surface area contributed by atoms with E-state index in [-0.39, 0.29) is 16.8 Å². The number of hydrogen-bond acceptors (Lipinski definition) is 4. The second-order valence-electron chi connectivity index (χ2n) is 9.03. The van der Waals surface area contributed by atoms with Crippen LogP contribution in [0.15, 0.2) is 53.4 Å². The van der Waals surface area contributed by atoms with Crippen molar-refractivity contribution < 1.29 is 13.2 Å². The van der Waals surface area contributed by atoms with Gasteiger partial charge < -0.3 is 5.32 Å². The van der Waals surface area contributed by atoms with Crippen LogP contribution in [0.5, 0.6) is 0 Å². The molecule has 1 fully saturated rings. The van der Waals surface area contributed by atoms with Crippen LogP contribution >= 0.6 is 11.6 Å². The molecule has 8 heteroatoms. The summed E-state index contributed by atoms with van der Waals surface area (Å²) in [4.78, 5) is 15.1. The number of rotatable bonds is 6. The lowest BCUT2D eigenvalue weighted by Crippen LogP contribution is -2.44. The Balaban J connectivity index is 1.51. The number of nitrogens with zero attached hydrogens (tertiary/aromatic N) is 1. The molecule has 3 rings (SSSR count). The molecule has 31 heavy (non-hydrogen) atoms. The monoisotopic (exact) mass is 463 g/mol. The summed E-state index contributed by atoms with van der Waals surface area (Å²) in [5.74, 6) is -0.177. The third-order valence-corrected chi connectivity index (χ3v) is 7.14. The van der Waals surface area contributed by atoms with Gasteiger partial charge in [0.05, 0.1) is 4.90 Å². The van der Waals surface area contributed by atoms with E-state index in [4.69, 9.17) is 11.6 Å². The Kier molecular flexibility index (Phi) is 7.42. The minimum atomic E-state index is -3.62. The van der Waals surface area contributed by atoms with E-state index in [9.17, 15) is 13.2 Å². The number of sulfonamides is 1. The van der Waals surface area contributed by atoms with Crippen molar-refractivity contribution in [3.05, 3.63) is 64.7 Å². The predicted octanol–water partition coefficient (Wildman–Crippen LogP) is 3.81. The van der Waals surface area contributed by atoms with Crippen LogP contribution in [0.2, 0.25) is 5.02 Å². The van der Waals surface area contributed by atoms with Gasteiger partial charge in [0.2, 0.25) is 10.0 Å². The Morgan fingerprint density at radius 3 is 2.16 bits per heavy atom. The highest BCUT2D eigenvalue weighted by Crippen LogP contribution is 2.17. The van der Waals surface area contributed by atoms with E-state index in [0.717, 1.165) is 37.5 Å². The molecule has 1 amide bonds. The highest BCUT2D eigenvalue weighted by Gasteiger charge is 2.23. The van der Waals surface area contributed by atoms with E-state index in [1.807, 2.05) is 24.3 Å². The molecule has 0 bridgehead atoms. The van der Waals surface area contributed by atoms with Crippen molar-refractivity contribution in [3.8, 4) is 0 Å². The van der Waals surface area contributed by atoms with Crippen molar-refractivity contribution in [2.75, 3.05) is 13.1 Å². The predicted molar refractivity (Wildman–Crippen MR) is 124 cm³/mol. The smallest absolute Gasteiger partial charge is 0.251 e. The normalized spacial score (nSPS) is 16.3. The van der Waals surface area contributed by atoms with Gasteiger partial charge in [0.25, 0.3) is 5.91 Å². The molecule has 1 saturated heterocycles. The van der Waals surface area contributed by atoms with Gasteiger partial charge >= 0.3 is 0 Å². The highest BCUT2D eigenvalue weighted by atomic mass is 35.5. The molecule has 0 aliphatic carbocycles. The van der Waals surface area contributed by atoms with Gasteiger partial charge in [-0.05, 0) is 75.6 Å². The summed E-state index contributed by atoms with van der Waals surface area (Å²) in [5, 5.41) is 3.81. The summed E-state index contributed by atoms with van der Waals surface area (Å²) in [6.07, 6.45) is 1.75. The SMILES string of the molecule is CC(C)(C)NS(=O)(=O)c1ccc(C(=O)NC2CCN(Cc3ccc(Cl)cc3)CC2)cc1. The highest BCUT2D eigenvalue weighted by molar-refractivity contribution is 7.89. The number of carbonyl (C=O) groups is 1. The number of amides is 1. The second-order valence-corrected chi connectivity index (χ2v) is 11.1. The zero-order valence-electron chi connectivity index (χ0n) is 18.2. The molecule has 0 unspecified atom stereocenters. The summed E-state index contributed by atoms with van der Waals surface area (Å²) in [7, 11) is -3.62. The van der Waals surface area contributed by atoms with Gasteiger partial charge in [0, 0.05) is 41.8 Å². The molecule has 0 saturated carbocycles.